The molecule has 1 amide bonds. The molecule has 2 rings (SSSR count). The van der Waals surface area contributed by atoms with Crippen LogP contribution in [-0.2, 0) is 11.4 Å². The van der Waals surface area contributed by atoms with Gasteiger partial charge in [-0.25, -0.2) is 0 Å². The van der Waals surface area contributed by atoms with Crippen LogP contribution in [0.3, 0.4) is 0 Å². The lowest BCUT2D eigenvalue weighted by molar-refractivity contribution is -0.134. The molecule has 0 bridgehead atoms. The molecular formula is C15H21NO5. The van der Waals surface area contributed by atoms with Crippen LogP contribution in [0.5, 0.6) is 5.75 Å². The molecule has 1 aromatic heterocycles. The highest BCUT2D eigenvalue weighted by molar-refractivity contribution is 5.77. The number of hydrogen-bond acceptors (Lipinski definition) is 5. The summed E-state index contributed by atoms with van der Waals surface area (Å²) in [6.45, 7) is -0.533. The molecular weight excluding hydrogens is 274 g/mol. The molecule has 21 heavy (non-hydrogen) atoms. The highest BCUT2D eigenvalue weighted by atomic mass is 16.5. The molecule has 0 radical (unpaired) electrons. The molecule has 1 aromatic rings. The number of rotatable bonds is 5. The lowest BCUT2D eigenvalue weighted by Gasteiger charge is -2.31. The van der Waals surface area contributed by atoms with Gasteiger partial charge in [0.2, 0.25) is 11.2 Å². The quantitative estimate of drug-likeness (QED) is 0.885. The lowest BCUT2D eigenvalue weighted by Crippen LogP contribution is -2.41. The first-order chi connectivity index (χ1) is 10.1. The topological polar surface area (TPSA) is 80.0 Å². The van der Waals surface area contributed by atoms with E-state index in [1.807, 2.05) is 0 Å². The van der Waals surface area contributed by atoms with Crippen LogP contribution in [-0.4, -0.2) is 35.6 Å². The molecule has 6 nitrogen and oxygen atoms in total. The van der Waals surface area contributed by atoms with Crippen LogP contribution in [0.25, 0.3) is 0 Å². The smallest absolute Gasteiger partial charge is 0.260 e. The molecule has 0 atom stereocenters. The van der Waals surface area contributed by atoms with Gasteiger partial charge in [0.1, 0.15) is 18.6 Å². The lowest BCUT2D eigenvalue weighted by atomic mass is 9.94. The summed E-state index contributed by atoms with van der Waals surface area (Å²) in [6.07, 6.45) is 6.70. The van der Waals surface area contributed by atoms with Gasteiger partial charge < -0.3 is 19.2 Å². The van der Waals surface area contributed by atoms with Gasteiger partial charge in [-0.05, 0) is 12.8 Å². The fourth-order valence-corrected chi connectivity index (χ4v) is 2.54. The molecule has 6 heteroatoms. The summed E-state index contributed by atoms with van der Waals surface area (Å²) in [4.78, 5) is 25.5. The van der Waals surface area contributed by atoms with Gasteiger partial charge >= 0.3 is 0 Å². The second-order valence-electron chi connectivity index (χ2n) is 5.32. The Balaban J connectivity index is 1.89. The van der Waals surface area contributed by atoms with Crippen molar-refractivity contribution in [1.29, 1.82) is 0 Å². The van der Waals surface area contributed by atoms with Crippen molar-refractivity contribution in [3.05, 3.63) is 28.3 Å². The van der Waals surface area contributed by atoms with Gasteiger partial charge in [-0.15, -0.1) is 0 Å². The third-order valence-electron chi connectivity index (χ3n) is 3.88. The highest BCUT2D eigenvalue weighted by Gasteiger charge is 2.22. The molecule has 0 spiro atoms. The number of hydrogen-bond donors (Lipinski definition) is 1. The Labute approximate surface area is 123 Å². The van der Waals surface area contributed by atoms with E-state index in [0.29, 0.717) is 0 Å². The number of aliphatic hydroxyl groups is 1. The Bertz CT molecular complexity index is 533. The average Bonchev–Trinajstić information content (AvgIpc) is 2.53. The SMILES string of the molecule is CN(C(=O)COc1coc(CO)cc1=O)C1CCCCC1. The number of nitrogens with zero attached hydrogens (tertiary/aromatic N) is 1. The van der Waals surface area contributed by atoms with Crippen LogP contribution in [0.2, 0.25) is 0 Å². The third kappa shape index (κ3) is 4.07. The Kier molecular flexibility index (Phi) is 5.38. The molecule has 0 aliphatic heterocycles. The Hall–Kier alpha value is -1.82. The van der Waals surface area contributed by atoms with Crippen LogP contribution in [0.1, 0.15) is 37.9 Å². The van der Waals surface area contributed by atoms with Crippen molar-refractivity contribution >= 4 is 5.91 Å². The van der Waals surface area contributed by atoms with Crippen molar-refractivity contribution < 1.29 is 19.1 Å². The van der Waals surface area contributed by atoms with Crippen LogP contribution >= 0.6 is 0 Å². The standard InChI is InChI=1S/C15H21NO5/c1-16(11-5-3-2-4-6-11)15(19)10-21-14-9-20-12(8-17)7-13(14)18/h7,9,11,17H,2-6,8,10H2,1H3. The molecule has 0 saturated heterocycles. The van der Waals surface area contributed by atoms with E-state index < -0.39 is 5.43 Å². The number of amides is 1. The number of ether oxygens (including phenoxy) is 1. The number of carbonyl (C=O) groups is 1. The van der Waals surface area contributed by atoms with E-state index >= 15 is 0 Å². The van der Waals surface area contributed by atoms with E-state index in [4.69, 9.17) is 14.3 Å². The van der Waals surface area contributed by atoms with Gasteiger partial charge in [-0.2, -0.15) is 0 Å². The van der Waals surface area contributed by atoms with E-state index in [-0.39, 0.29) is 36.7 Å². The summed E-state index contributed by atoms with van der Waals surface area (Å²) in [5, 5.41) is 8.85. The van der Waals surface area contributed by atoms with E-state index in [2.05, 4.69) is 0 Å². The summed E-state index contributed by atoms with van der Waals surface area (Å²) in [5.41, 5.74) is -0.404. The van der Waals surface area contributed by atoms with E-state index in [1.54, 1.807) is 11.9 Å². The summed E-state index contributed by atoms with van der Waals surface area (Å²) in [5.74, 6) is 0.00290. The first kappa shape index (κ1) is 15.6. The molecule has 1 heterocycles. The van der Waals surface area contributed by atoms with Crippen LogP contribution in [0, 0.1) is 0 Å². The Morgan fingerprint density at radius 2 is 2.14 bits per heavy atom. The summed E-state index contributed by atoms with van der Waals surface area (Å²) >= 11 is 0. The zero-order valence-electron chi connectivity index (χ0n) is 12.2. The highest BCUT2D eigenvalue weighted by Crippen LogP contribution is 2.21. The van der Waals surface area contributed by atoms with Crippen molar-refractivity contribution in [2.24, 2.45) is 0 Å². The number of carbonyl (C=O) groups excluding carboxylic acids is 1. The van der Waals surface area contributed by atoms with Gasteiger partial charge in [0.15, 0.2) is 6.61 Å². The predicted octanol–water partition coefficient (Wildman–Crippen LogP) is 1.30. The molecule has 0 unspecified atom stereocenters. The number of likely N-dealkylation sites (N-methyl/N-ethyl adjacent to an activating group) is 1. The van der Waals surface area contributed by atoms with Crippen LogP contribution in [0.15, 0.2) is 21.5 Å². The maximum absolute atomic E-state index is 12.1. The normalized spacial score (nSPS) is 15.7. The minimum absolute atomic E-state index is 0.0161. The van der Waals surface area contributed by atoms with E-state index in [1.165, 1.54) is 6.42 Å². The van der Waals surface area contributed by atoms with Crippen LogP contribution in [0.4, 0.5) is 0 Å². The molecule has 1 N–H and O–H groups in total. The zero-order chi connectivity index (χ0) is 15.2. The van der Waals surface area contributed by atoms with Gasteiger partial charge in [0.05, 0.1) is 0 Å². The minimum atomic E-state index is -0.404. The van der Waals surface area contributed by atoms with Gasteiger partial charge in [-0.1, -0.05) is 19.3 Å². The zero-order valence-corrected chi connectivity index (χ0v) is 12.2. The summed E-state index contributed by atoms with van der Waals surface area (Å²) in [7, 11) is 1.78. The molecule has 0 aromatic carbocycles. The summed E-state index contributed by atoms with van der Waals surface area (Å²) < 4.78 is 10.2. The molecule has 1 aliphatic rings. The second kappa shape index (κ2) is 7.26. The van der Waals surface area contributed by atoms with Crippen LogP contribution < -0.4 is 10.2 Å². The third-order valence-corrected chi connectivity index (χ3v) is 3.88. The summed E-state index contributed by atoms with van der Waals surface area (Å²) in [6, 6.07) is 1.42. The van der Waals surface area contributed by atoms with Crippen molar-refractivity contribution in [3.8, 4) is 5.75 Å². The molecule has 1 saturated carbocycles. The first-order valence-electron chi connectivity index (χ1n) is 7.23. The minimum Gasteiger partial charge on any atom is -0.477 e. The van der Waals surface area contributed by atoms with E-state index in [0.717, 1.165) is 38.0 Å². The van der Waals surface area contributed by atoms with Crippen molar-refractivity contribution in [1.82, 2.24) is 4.90 Å². The largest absolute Gasteiger partial charge is 0.477 e. The Morgan fingerprint density at radius 1 is 1.43 bits per heavy atom. The molecule has 1 fully saturated rings. The number of aliphatic hydroxyl groups excluding tert-OH is 1. The van der Waals surface area contributed by atoms with Gasteiger partial charge in [0, 0.05) is 19.2 Å². The van der Waals surface area contributed by atoms with Crippen molar-refractivity contribution in [2.75, 3.05) is 13.7 Å². The van der Waals surface area contributed by atoms with E-state index in [9.17, 15) is 9.59 Å². The maximum Gasteiger partial charge on any atom is 0.260 e. The monoisotopic (exact) mass is 295 g/mol. The fourth-order valence-electron chi connectivity index (χ4n) is 2.54. The first-order valence-corrected chi connectivity index (χ1v) is 7.23. The van der Waals surface area contributed by atoms with Crippen molar-refractivity contribution in [2.45, 2.75) is 44.8 Å². The predicted molar refractivity (Wildman–Crippen MR) is 76.0 cm³/mol. The fraction of sp³-hybridized carbons (Fsp3) is 0.600. The molecule has 116 valence electrons. The van der Waals surface area contributed by atoms with Gasteiger partial charge in [-0.3, -0.25) is 9.59 Å². The van der Waals surface area contributed by atoms with Gasteiger partial charge in [0.25, 0.3) is 5.91 Å². The second-order valence-corrected chi connectivity index (χ2v) is 5.32. The molecule has 1 aliphatic carbocycles. The Morgan fingerprint density at radius 3 is 2.76 bits per heavy atom. The maximum atomic E-state index is 12.1. The average molecular weight is 295 g/mol. The van der Waals surface area contributed by atoms with Crippen molar-refractivity contribution in [3.63, 3.8) is 0 Å².